The summed E-state index contributed by atoms with van der Waals surface area (Å²) in [7, 11) is 0. The lowest BCUT2D eigenvalue weighted by atomic mass is 9.83. The molecule has 1 aromatic carbocycles. The molecule has 2 rings (SSSR count). The van der Waals surface area contributed by atoms with Gasteiger partial charge in [0.1, 0.15) is 5.75 Å². The Balaban J connectivity index is 1.89. The summed E-state index contributed by atoms with van der Waals surface area (Å²) in [5.74, 6) is 1.15. The third-order valence-corrected chi connectivity index (χ3v) is 3.61. The van der Waals surface area contributed by atoms with E-state index in [1.165, 1.54) is 25.7 Å². The summed E-state index contributed by atoms with van der Waals surface area (Å²) >= 11 is 0. The molecule has 0 saturated heterocycles. The fourth-order valence-electron chi connectivity index (χ4n) is 2.64. The summed E-state index contributed by atoms with van der Waals surface area (Å²) in [6.45, 7) is 2.99. The molecule has 0 radical (unpaired) electrons. The van der Waals surface area contributed by atoms with Crippen molar-refractivity contribution in [2.24, 2.45) is 11.8 Å². The Morgan fingerprint density at radius 2 is 2.28 bits per heavy atom. The molecule has 1 aromatic rings. The van der Waals surface area contributed by atoms with E-state index < -0.39 is 5.97 Å². The first-order valence-electron chi connectivity index (χ1n) is 6.61. The number of hydrogen-bond acceptors (Lipinski definition) is 2. The second kappa shape index (κ2) is 5.89. The predicted molar refractivity (Wildman–Crippen MR) is 70.0 cm³/mol. The lowest BCUT2D eigenvalue weighted by molar-refractivity contribution is 0.0696. The maximum absolute atomic E-state index is 10.8. The Bertz CT molecular complexity index is 414. The van der Waals surface area contributed by atoms with E-state index in [9.17, 15) is 4.79 Å². The van der Waals surface area contributed by atoms with Gasteiger partial charge in [0.05, 0.1) is 12.2 Å². The molecule has 1 N–H and O–H groups in total. The molecule has 3 heteroatoms. The molecule has 1 aliphatic carbocycles. The quantitative estimate of drug-likeness (QED) is 0.885. The van der Waals surface area contributed by atoms with Crippen LogP contribution in [0.4, 0.5) is 0 Å². The Kier molecular flexibility index (Phi) is 4.24. The molecule has 3 nitrogen and oxygen atoms in total. The average Bonchev–Trinajstić information content (AvgIpc) is 2.37. The predicted octanol–water partition coefficient (Wildman–Crippen LogP) is 3.59. The number of aromatic carboxylic acids is 1. The third kappa shape index (κ3) is 3.49. The van der Waals surface area contributed by atoms with Crippen molar-refractivity contribution in [3.63, 3.8) is 0 Å². The van der Waals surface area contributed by atoms with Crippen molar-refractivity contribution < 1.29 is 14.6 Å². The molecule has 98 valence electrons. The van der Waals surface area contributed by atoms with Gasteiger partial charge in [-0.25, -0.2) is 4.79 Å². The first kappa shape index (κ1) is 12.9. The number of carboxylic acids is 1. The third-order valence-electron chi connectivity index (χ3n) is 3.61. The molecule has 0 aromatic heterocycles. The van der Waals surface area contributed by atoms with E-state index in [1.54, 1.807) is 18.2 Å². The van der Waals surface area contributed by atoms with E-state index in [0.29, 0.717) is 18.3 Å². The molecule has 0 spiro atoms. The zero-order valence-corrected chi connectivity index (χ0v) is 10.8. The smallest absolute Gasteiger partial charge is 0.335 e. The second-order valence-corrected chi connectivity index (χ2v) is 5.28. The van der Waals surface area contributed by atoms with E-state index in [4.69, 9.17) is 9.84 Å². The monoisotopic (exact) mass is 248 g/mol. The summed E-state index contributed by atoms with van der Waals surface area (Å²) in [4.78, 5) is 10.8. The number of benzene rings is 1. The van der Waals surface area contributed by atoms with Crippen LogP contribution >= 0.6 is 0 Å². The summed E-state index contributed by atoms with van der Waals surface area (Å²) in [6, 6.07) is 6.72. The van der Waals surface area contributed by atoms with Crippen LogP contribution in [0.2, 0.25) is 0 Å². The van der Waals surface area contributed by atoms with Gasteiger partial charge in [-0.15, -0.1) is 0 Å². The molecule has 0 aliphatic heterocycles. The van der Waals surface area contributed by atoms with Crippen molar-refractivity contribution in [2.75, 3.05) is 6.61 Å². The van der Waals surface area contributed by atoms with E-state index >= 15 is 0 Å². The summed E-state index contributed by atoms with van der Waals surface area (Å²) in [6.07, 6.45) is 5.05. The van der Waals surface area contributed by atoms with Gasteiger partial charge in [-0.1, -0.05) is 25.8 Å². The van der Waals surface area contributed by atoms with Crippen LogP contribution in [0, 0.1) is 11.8 Å². The van der Waals surface area contributed by atoms with Crippen LogP contribution in [0.5, 0.6) is 5.75 Å². The van der Waals surface area contributed by atoms with Gasteiger partial charge >= 0.3 is 5.97 Å². The molecular weight excluding hydrogens is 228 g/mol. The highest BCUT2D eigenvalue weighted by atomic mass is 16.5. The Hall–Kier alpha value is -1.51. The highest BCUT2D eigenvalue weighted by molar-refractivity contribution is 5.87. The number of carbonyl (C=O) groups is 1. The minimum atomic E-state index is -0.910. The molecule has 1 fully saturated rings. The van der Waals surface area contributed by atoms with E-state index in [0.717, 1.165) is 5.92 Å². The zero-order valence-electron chi connectivity index (χ0n) is 10.8. The molecule has 1 saturated carbocycles. The first-order chi connectivity index (χ1) is 8.65. The molecule has 1 aliphatic rings. The Morgan fingerprint density at radius 3 is 3.00 bits per heavy atom. The van der Waals surface area contributed by atoms with Crippen LogP contribution in [-0.2, 0) is 0 Å². The second-order valence-electron chi connectivity index (χ2n) is 5.28. The van der Waals surface area contributed by atoms with E-state index in [1.807, 2.05) is 6.07 Å². The van der Waals surface area contributed by atoms with Gasteiger partial charge in [0.2, 0.25) is 0 Å². The van der Waals surface area contributed by atoms with Crippen molar-refractivity contribution in [1.82, 2.24) is 0 Å². The van der Waals surface area contributed by atoms with Crippen LogP contribution in [0.1, 0.15) is 43.0 Å². The number of ether oxygens (including phenoxy) is 1. The minimum Gasteiger partial charge on any atom is -0.493 e. The number of rotatable bonds is 4. The standard InChI is InChI=1S/C15H20O3/c1-11-4-2-5-12(8-11)10-18-14-7-3-6-13(9-14)15(16)17/h3,6-7,9,11-12H,2,4-5,8,10H2,1H3,(H,16,17). The maximum Gasteiger partial charge on any atom is 0.335 e. The highest BCUT2D eigenvalue weighted by Gasteiger charge is 2.19. The van der Waals surface area contributed by atoms with Gasteiger partial charge in [0.25, 0.3) is 0 Å². The van der Waals surface area contributed by atoms with Crippen LogP contribution in [0.3, 0.4) is 0 Å². The van der Waals surface area contributed by atoms with Crippen molar-refractivity contribution in [1.29, 1.82) is 0 Å². The number of carboxylic acid groups (broad SMARTS) is 1. The molecule has 0 heterocycles. The fraction of sp³-hybridized carbons (Fsp3) is 0.533. The van der Waals surface area contributed by atoms with Crippen molar-refractivity contribution in [3.8, 4) is 5.75 Å². The molecule has 2 atom stereocenters. The maximum atomic E-state index is 10.8. The van der Waals surface area contributed by atoms with Gasteiger partial charge in [-0.3, -0.25) is 0 Å². The molecule has 0 bridgehead atoms. The van der Waals surface area contributed by atoms with Gasteiger partial charge in [-0.05, 0) is 42.9 Å². The minimum absolute atomic E-state index is 0.282. The van der Waals surface area contributed by atoms with Gasteiger partial charge in [0, 0.05) is 0 Å². The molecule has 2 unspecified atom stereocenters. The fourth-order valence-corrected chi connectivity index (χ4v) is 2.64. The van der Waals surface area contributed by atoms with Gasteiger partial charge in [-0.2, -0.15) is 0 Å². The van der Waals surface area contributed by atoms with Crippen molar-refractivity contribution >= 4 is 5.97 Å². The van der Waals surface area contributed by atoms with Crippen molar-refractivity contribution in [3.05, 3.63) is 29.8 Å². The lowest BCUT2D eigenvalue weighted by Gasteiger charge is -2.26. The first-order valence-corrected chi connectivity index (χ1v) is 6.61. The SMILES string of the molecule is CC1CCCC(COc2cccc(C(=O)O)c2)C1. The largest absolute Gasteiger partial charge is 0.493 e. The van der Waals surface area contributed by atoms with Crippen molar-refractivity contribution in [2.45, 2.75) is 32.6 Å². The Morgan fingerprint density at radius 1 is 1.44 bits per heavy atom. The van der Waals surface area contributed by atoms with Crippen LogP contribution in [0.25, 0.3) is 0 Å². The van der Waals surface area contributed by atoms with Crippen LogP contribution in [0.15, 0.2) is 24.3 Å². The average molecular weight is 248 g/mol. The lowest BCUT2D eigenvalue weighted by Crippen LogP contribution is -2.19. The highest BCUT2D eigenvalue weighted by Crippen LogP contribution is 2.29. The van der Waals surface area contributed by atoms with Crippen LogP contribution < -0.4 is 4.74 Å². The summed E-state index contributed by atoms with van der Waals surface area (Å²) in [5, 5.41) is 8.91. The zero-order chi connectivity index (χ0) is 13.0. The summed E-state index contributed by atoms with van der Waals surface area (Å²) in [5.41, 5.74) is 0.282. The van der Waals surface area contributed by atoms with Gasteiger partial charge < -0.3 is 9.84 Å². The Labute approximate surface area is 108 Å². The topological polar surface area (TPSA) is 46.5 Å². The molecule has 18 heavy (non-hydrogen) atoms. The number of hydrogen-bond donors (Lipinski definition) is 1. The molecular formula is C15H20O3. The normalized spacial score (nSPS) is 23.6. The van der Waals surface area contributed by atoms with E-state index in [-0.39, 0.29) is 5.56 Å². The molecule has 0 amide bonds. The summed E-state index contributed by atoms with van der Waals surface area (Å²) < 4.78 is 5.72. The van der Waals surface area contributed by atoms with E-state index in [2.05, 4.69) is 6.92 Å². The van der Waals surface area contributed by atoms with Gasteiger partial charge in [0.15, 0.2) is 0 Å². The van der Waals surface area contributed by atoms with Crippen LogP contribution in [-0.4, -0.2) is 17.7 Å².